The van der Waals surface area contributed by atoms with E-state index >= 15 is 0 Å². The van der Waals surface area contributed by atoms with E-state index < -0.39 is 0 Å². The van der Waals surface area contributed by atoms with Gasteiger partial charge in [0.15, 0.2) is 0 Å². The fraction of sp³-hybridized carbons (Fsp3) is 0.400. The molecule has 13 heavy (non-hydrogen) atoms. The summed E-state index contributed by atoms with van der Waals surface area (Å²) in [6.45, 7) is 2.32. The first-order valence-electron chi connectivity index (χ1n) is 4.34. The monoisotopic (exact) mass is 303 g/mol. The van der Waals surface area contributed by atoms with Gasteiger partial charge in [-0.3, -0.25) is 4.90 Å². The predicted molar refractivity (Wildman–Crippen MR) is 62.1 cm³/mol. The van der Waals surface area contributed by atoms with Crippen molar-refractivity contribution in [1.29, 1.82) is 0 Å². The minimum atomic E-state index is 0.767. The maximum absolute atomic E-state index is 3.49. The largest absolute Gasteiger partial charge is 0.292 e. The fourth-order valence-corrected chi connectivity index (χ4v) is 2.27. The molecule has 2 atom stereocenters. The van der Waals surface area contributed by atoms with Crippen LogP contribution in [-0.2, 0) is 6.54 Å². The van der Waals surface area contributed by atoms with Crippen molar-refractivity contribution in [2.45, 2.75) is 12.6 Å². The lowest BCUT2D eigenvalue weighted by Gasteiger charge is -2.02. The zero-order chi connectivity index (χ0) is 9.26. The summed E-state index contributed by atoms with van der Waals surface area (Å²) in [6, 6.07) is 9.31. The summed E-state index contributed by atoms with van der Waals surface area (Å²) in [7, 11) is 0. The Morgan fingerprint density at radius 3 is 2.54 bits per heavy atom. The molecule has 0 N–H and O–H groups in total. The predicted octanol–water partition coefficient (Wildman–Crippen LogP) is 3.03. The number of hydrogen-bond acceptors (Lipinski definition) is 1. The summed E-state index contributed by atoms with van der Waals surface area (Å²) >= 11 is 6.92. The van der Waals surface area contributed by atoms with Crippen molar-refractivity contribution in [3.63, 3.8) is 0 Å². The third-order valence-corrected chi connectivity index (χ3v) is 3.58. The molecular formula is C10H11Br2N. The molecule has 1 aromatic rings. The average Bonchev–Trinajstić information content (AvgIpc) is 2.88. The fourth-order valence-electron chi connectivity index (χ4n) is 1.39. The van der Waals surface area contributed by atoms with Crippen molar-refractivity contribution in [3.8, 4) is 0 Å². The molecule has 1 fully saturated rings. The summed E-state index contributed by atoms with van der Waals surface area (Å²) < 4.78 is 1.15. The summed E-state index contributed by atoms with van der Waals surface area (Å²) in [4.78, 5) is 2.46. The van der Waals surface area contributed by atoms with E-state index in [-0.39, 0.29) is 0 Å². The Labute approximate surface area is 95.4 Å². The molecular weight excluding hydrogens is 294 g/mol. The first-order chi connectivity index (χ1) is 6.29. The maximum atomic E-state index is 3.49. The number of benzene rings is 1. The van der Waals surface area contributed by atoms with Gasteiger partial charge in [0.1, 0.15) is 0 Å². The van der Waals surface area contributed by atoms with Gasteiger partial charge >= 0.3 is 0 Å². The van der Waals surface area contributed by atoms with E-state index in [9.17, 15) is 0 Å². The molecule has 1 saturated heterocycles. The van der Waals surface area contributed by atoms with Crippen LogP contribution in [0, 0.1) is 0 Å². The van der Waals surface area contributed by atoms with Crippen LogP contribution >= 0.6 is 31.9 Å². The van der Waals surface area contributed by atoms with E-state index in [1.165, 1.54) is 12.1 Å². The molecule has 2 rings (SSSR count). The molecule has 0 amide bonds. The number of rotatable bonds is 3. The highest BCUT2D eigenvalue weighted by atomic mass is 79.9. The van der Waals surface area contributed by atoms with E-state index in [4.69, 9.17) is 0 Å². The number of hydrogen-bond donors (Lipinski definition) is 0. The molecule has 1 aliphatic rings. The van der Waals surface area contributed by atoms with E-state index in [2.05, 4.69) is 61.0 Å². The minimum Gasteiger partial charge on any atom is -0.292 e. The Morgan fingerprint density at radius 2 is 2.00 bits per heavy atom. The van der Waals surface area contributed by atoms with E-state index in [0.29, 0.717) is 0 Å². The van der Waals surface area contributed by atoms with Crippen LogP contribution in [0.25, 0.3) is 0 Å². The molecule has 1 nitrogen and oxygen atoms in total. The van der Waals surface area contributed by atoms with Gasteiger partial charge in [0.2, 0.25) is 0 Å². The molecule has 0 bridgehead atoms. The SMILES string of the molecule is BrCC1CN1Cc1ccc(Br)cc1. The van der Waals surface area contributed by atoms with Gasteiger partial charge in [0.05, 0.1) is 0 Å². The lowest BCUT2D eigenvalue weighted by molar-refractivity contribution is 0.518. The van der Waals surface area contributed by atoms with Gasteiger partial charge in [0.25, 0.3) is 0 Å². The van der Waals surface area contributed by atoms with Crippen LogP contribution in [0.15, 0.2) is 28.7 Å². The van der Waals surface area contributed by atoms with Crippen LogP contribution in [0.1, 0.15) is 5.56 Å². The quantitative estimate of drug-likeness (QED) is 0.613. The van der Waals surface area contributed by atoms with Gasteiger partial charge in [-0.1, -0.05) is 44.0 Å². The Morgan fingerprint density at radius 1 is 1.31 bits per heavy atom. The number of nitrogens with zero attached hydrogens (tertiary/aromatic N) is 1. The second-order valence-electron chi connectivity index (χ2n) is 3.36. The Balaban J connectivity index is 1.92. The van der Waals surface area contributed by atoms with Crippen LogP contribution in [0.5, 0.6) is 0 Å². The second-order valence-corrected chi connectivity index (χ2v) is 4.93. The lowest BCUT2D eigenvalue weighted by Crippen LogP contribution is -2.02. The van der Waals surface area contributed by atoms with Gasteiger partial charge in [-0.25, -0.2) is 0 Å². The lowest BCUT2D eigenvalue weighted by atomic mass is 10.2. The number of halogens is 2. The van der Waals surface area contributed by atoms with Crippen LogP contribution in [0.4, 0.5) is 0 Å². The first-order valence-corrected chi connectivity index (χ1v) is 6.25. The van der Waals surface area contributed by atoms with Crippen molar-refractivity contribution in [2.24, 2.45) is 0 Å². The Hall–Kier alpha value is 0.140. The molecule has 2 unspecified atom stereocenters. The van der Waals surface area contributed by atoms with Crippen LogP contribution in [-0.4, -0.2) is 22.8 Å². The summed E-state index contributed by atoms with van der Waals surface area (Å²) in [5.74, 6) is 0. The summed E-state index contributed by atoms with van der Waals surface area (Å²) in [5.41, 5.74) is 1.40. The van der Waals surface area contributed by atoms with Crippen molar-refractivity contribution in [2.75, 3.05) is 11.9 Å². The molecule has 1 aliphatic heterocycles. The zero-order valence-electron chi connectivity index (χ0n) is 7.21. The topological polar surface area (TPSA) is 3.01 Å². The summed E-state index contributed by atoms with van der Waals surface area (Å²) in [5, 5.41) is 1.10. The van der Waals surface area contributed by atoms with E-state index in [1.807, 2.05) is 0 Å². The first kappa shape index (κ1) is 9.69. The standard InChI is InChI=1S/C10H11Br2N/c11-5-10-7-13(10)6-8-1-3-9(12)4-2-8/h1-4,10H,5-7H2. The maximum Gasteiger partial charge on any atom is 0.0324 e. The smallest absolute Gasteiger partial charge is 0.0324 e. The van der Waals surface area contributed by atoms with Crippen LogP contribution in [0.2, 0.25) is 0 Å². The van der Waals surface area contributed by atoms with Gasteiger partial charge in [-0.15, -0.1) is 0 Å². The third-order valence-electron chi connectivity index (χ3n) is 2.31. The summed E-state index contributed by atoms with van der Waals surface area (Å²) in [6.07, 6.45) is 0. The normalized spacial score (nSPS) is 26.0. The zero-order valence-corrected chi connectivity index (χ0v) is 10.4. The second kappa shape index (κ2) is 4.11. The highest BCUT2D eigenvalue weighted by Gasteiger charge is 2.31. The molecule has 70 valence electrons. The average molecular weight is 305 g/mol. The Kier molecular flexibility index (Phi) is 3.06. The van der Waals surface area contributed by atoms with E-state index in [1.54, 1.807) is 0 Å². The van der Waals surface area contributed by atoms with E-state index in [0.717, 1.165) is 22.4 Å². The van der Waals surface area contributed by atoms with Crippen molar-refractivity contribution in [3.05, 3.63) is 34.3 Å². The van der Waals surface area contributed by atoms with Gasteiger partial charge < -0.3 is 0 Å². The highest BCUT2D eigenvalue weighted by molar-refractivity contribution is 9.10. The van der Waals surface area contributed by atoms with Gasteiger partial charge in [-0.2, -0.15) is 0 Å². The number of alkyl halides is 1. The minimum absolute atomic E-state index is 0.767. The molecule has 1 aromatic carbocycles. The van der Waals surface area contributed by atoms with Crippen LogP contribution < -0.4 is 0 Å². The van der Waals surface area contributed by atoms with Gasteiger partial charge in [-0.05, 0) is 17.7 Å². The Bertz CT molecular complexity index is 283. The molecule has 0 aromatic heterocycles. The van der Waals surface area contributed by atoms with Crippen LogP contribution in [0.3, 0.4) is 0 Å². The van der Waals surface area contributed by atoms with Gasteiger partial charge in [0, 0.05) is 28.9 Å². The molecule has 0 saturated carbocycles. The molecule has 0 aliphatic carbocycles. The van der Waals surface area contributed by atoms with Crippen molar-refractivity contribution >= 4 is 31.9 Å². The molecule has 0 radical (unpaired) electrons. The highest BCUT2D eigenvalue weighted by Crippen LogP contribution is 2.23. The van der Waals surface area contributed by atoms with Crippen molar-refractivity contribution < 1.29 is 0 Å². The van der Waals surface area contributed by atoms with Crippen molar-refractivity contribution in [1.82, 2.24) is 4.90 Å². The molecule has 0 spiro atoms. The molecule has 1 heterocycles. The molecule has 3 heteroatoms. The third kappa shape index (κ3) is 2.55.